The van der Waals surface area contributed by atoms with Crippen LogP contribution in [0.25, 0.3) is 0 Å². The predicted octanol–water partition coefficient (Wildman–Crippen LogP) is 3.81. The minimum Gasteiger partial charge on any atom is -0.477 e. The Kier molecular flexibility index (Phi) is 5.40. The first-order valence-corrected chi connectivity index (χ1v) is 8.02. The second-order valence-corrected chi connectivity index (χ2v) is 6.72. The van der Waals surface area contributed by atoms with Gasteiger partial charge in [0, 0.05) is 11.4 Å². The van der Waals surface area contributed by atoms with Crippen molar-refractivity contribution in [2.45, 2.75) is 52.0 Å². The number of carboxylic acids is 1. The van der Waals surface area contributed by atoms with Gasteiger partial charge >= 0.3 is 5.97 Å². The summed E-state index contributed by atoms with van der Waals surface area (Å²) in [6, 6.07) is 1.80. The first-order chi connectivity index (χ1) is 9.16. The molecule has 4 heteroatoms. The van der Waals surface area contributed by atoms with Crippen molar-refractivity contribution in [1.29, 1.82) is 0 Å². The molecule has 1 heterocycles. The maximum Gasteiger partial charge on any atom is 0.345 e. The van der Waals surface area contributed by atoms with Crippen molar-refractivity contribution in [2.75, 3.05) is 6.54 Å². The number of hydrogen-bond acceptors (Lipinski definition) is 3. The van der Waals surface area contributed by atoms with Crippen molar-refractivity contribution in [1.82, 2.24) is 5.32 Å². The molecule has 1 aromatic heterocycles. The van der Waals surface area contributed by atoms with Crippen molar-refractivity contribution in [3.8, 4) is 0 Å². The highest BCUT2D eigenvalue weighted by Gasteiger charge is 2.13. The molecule has 1 aliphatic rings. The molecule has 3 nitrogen and oxygen atoms in total. The summed E-state index contributed by atoms with van der Waals surface area (Å²) in [6.07, 6.45) is 8.25. The number of carboxylic acid groups (broad SMARTS) is 1. The highest BCUT2D eigenvalue weighted by molar-refractivity contribution is 7.14. The molecule has 0 atom stereocenters. The van der Waals surface area contributed by atoms with E-state index < -0.39 is 5.97 Å². The van der Waals surface area contributed by atoms with E-state index in [1.54, 1.807) is 6.07 Å². The van der Waals surface area contributed by atoms with Crippen molar-refractivity contribution in [2.24, 2.45) is 5.92 Å². The van der Waals surface area contributed by atoms with Gasteiger partial charge in [-0.2, -0.15) is 0 Å². The maximum atomic E-state index is 10.9. The summed E-state index contributed by atoms with van der Waals surface area (Å²) in [7, 11) is 0. The van der Waals surface area contributed by atoms with Crippen LogP contribution >= 0.6 is 11.3 Å². The summed E-state index contributed by atoms with van der Waals surface area (Å²) < 4.78 is 0. The first-order valence-electron chi connectivity index (χ1n) is 7.20. The van der Waals surface area contributed by atoms with E-state index in [0.29, 0.717) is 4.88 Å². The molecule has 0 radical (unpaired) electrons. The fourth-order valence-corrected chi connectivity index (χ4v) is 3.69. The molecule has 0 aliphatic heterocycles. The number of aryl methyl sites for hydroxylation is 1. The van der Waals surface area contributed by atoms with Crippen LogP contribution in [0.5, 0.6) is 0 Å². The van der Waals surface area contributed by atoms with Gasteiger partial charge in [0.15, 0.2) is 0 Å². The van der Waals surface area contributed by atoms with E-state index >= 15 is 0 Å². The molecule has 106 valence electrons. The summed E-state index contributed by atoms with van der Waals surface area (Å²) in [4.78, 5) is 12.5. The summed E-state index contributed by atoms with van der Waals surface area (Å²) >= 11 is 1.37. The van der Waals surface area contributed by atoms with Crippen LogP contribution in [0.2, 0.25) is 0 Å². The van der Waals surface area contributed by atoms with E-state index in [-0.39, 0.29) is 0 Å². The Morgan fingerprint density at radius 2 is 2.16 bits per heavy atom. The predicted molar refractivity (Wildman–Crippen MR) is 78.9 cm³/mol. The zero-order valence-corrected chi connectivity index (χ0v) is 12.4. The van der Waals surface area contributed by atoms with Crippen LogP contribution in [0.3, 0.4) is 0 Å². The molecule has 0 saturated heterocycles. The second-order valence-electron chi connectivity index (χ2n) is 5.47. The summed E-state index contributed by atoms with van der Waals surface area (Å²) in [5.74, 6) is 0.0842. The second kappa shape index (κ2) is 7.06. The van der Waals surface area contributed by atoms with Crippen LogP contribution in [0.4, 0.5) is 0 Å². The maximum absolute atomic E-state index is 10.9. The Bertz CT molecular complexity index is 422. The van der Waals surface area contributed by atoms with Crippen LogP contribution in [0.15, 0.2) is 6.07 Å². The van der Waals surface area contributed by atoms with E-state index in [9.17, 15) is 4.79 Å². The lowest BCUT2D eigenvalue weighted by Gasteiger charge is -2.21. The van der Waals surface area contributed by atoms with Gasteiger partial charge in [-0.3, -0.25) is 0 Å². The molecule has 0 bridgehead atoms. The number of carbonyl (C=O) groups is 1. The van der Waals surface area contributed by atoms with Gasteiger partial charge in [-0.25, -0.2) is 4.79 Å². The highest BCUT2D eigenvalue weighted by atomic mass is 32.1. The molecule has 1 saturated carbocycles. The van der Waals surface area contributed by atoms with Gasteiger partial charge in [-0.15, -0.1) is 11.3 Å². The van der Waals surface area contributed by atoms with Gasteiger partial charge in [0.1, 0.15) is 4.88 Å². The lowest BCUT2D eigenvalue weighted by molar-refractivity contribution is 0.0702. The Morgan fingerprint density at radius 3 is 2.79 bits per heavy atom. The molecule has 2 rings (SSSR count). The molecule has 0 aromatic carbocycles. The minimum atomic E-state index is -0.818. The van der Waals surface area contributed by atoms with E-state index in [1.165, 1.54) is 49.9 Å². The van der Waals surface area contributed by atoms with Crippen LogP contribution in [0.1, 0.15) is 58.6 Å². The normalized spacial score (nSPS) is 16.7. The smallest absolute Gasteiger partial charge is 0.345 e. The molecule has 1 aliphatic carbocycles. The molecule has 1 fully saturated rings. The average molecular weight is 281 g/mol. The van der Waals surface area contributed by atoms with Crippen molar-refractivity contribution < 1.29 is 9.90 Å². The standard InChI is InChI=1S/C15H23NO2S/c1-11-13(9-14(19-11)15(17)18)10-16-8-7-12-5-3-2-4-6-12/h9,12,16H,2-8,10H2,1H3,(H,17,18). The van der Waals surface area contributed by atoms with E-state index in [2.05, 4.69) is 5.32 Å². The van der Waals surface area contributed by atoms with Crippen LogP contribution in [-0.2, 0) is 6.54 Å². The Hall–Kier alpha value is -0.870. The molecule has 0 spiro atoms. The topological polar surface area (TPSA) is 49.3 Å². The van der Waals surface area contributed by atoms with Gasteiger partial charge in [0.25, 0.3) is 0 Å². The minimum absolute atomic E-state index is 0.446. The summed E-state index contributed by atoms with van der Waals surface area (Å²) in [6.45, 7) is 3.83. The molecule has 2 N–H and O–H groups in total. The Morgan fingerprint density at radius 1 is 1.42 bits per heavy atom. The first kappa shape index (κ1) is 14.5. The van der Waals surface area contributed by atoms with Crippen LogP contribution in [-0.4, -0.2) is 17.6 Å². The van der Waals surface area contributed by atoms with Gasteiger partial charge < -0.3 is 10.4 Å². The van der Waals surface area contributed by atoms with Gasteiger partial charge in [0.05, 0.1) is 0 Å². The average Bonchev–Trinajstić information content (AvgIpc) is 2.78. The third-order valence-corrected chi connectivity index (χ3v) is 5.08. The molecule has 0 unspecified atom stereocenters. The summed E-state index contributed by atoms with van der Waals surface area (Å²) in [5, 5.41) is 12.4. The van der Waals surface area contributed by atoms with Gasteiger partial charge in [-0.1, -0.05) is 32.1 Å². The molecule has 1 aromatic rings. The number of hydrogen-bond donors (Lipinski definition) is 2. The van der Waals surface area contributed by atoms with E-state index in [0.717, 1.165) is 29.4 Å². The summed E-state index contributed by atoms with van der Waals surface area (Å²) in [5.41, 5.74) is 1.13. The van der Waals surface area contributed by atoms with E-state index in [4.69, 9.17) is 5.11 Å². The van der Waals surface area contributed by atoms with E-state index in [1.807, 2.05) is 6.92 Å². The number of rotatable bonds is 6. The molecule has 0 amide bonds. The quantitative estimate of drug-likeness (QED) is 0.779. The zero-order chi connectivity index (χ0) is 13.7. The molecular formula is C15H23NO2S. The van der Waals surface area contributed by atoms with Crippen molar-refractivity contribution >= 4 is 17.3 Å². The monoisotopic (exact) mass is 281 g/mol. The number of thiophene rings is 1. The lowest BCUT2D eigenvalue weighted by atomic mass is 9.87. The van der Waals surface area contributed by atoms with Crippen molar-refractivity contribution in [3.05, 3.63) is 21.4 Å². The Labute approximate surface area is 119 Å². The highest BCUT2D eigenvalue weighted by Crippen LogP contribution is 2.26. The fraction of sp³-hybridized carbons (Fsp3) is 0.667. The largest absolute Gasteiger partial charge is 0.477 e. The molecular weight excluding hydrogens is 258 g/mol. The van der Waals surface area contributed by atoms with Crippen LogP contribution in [0, 0.1) is 12.8 Å². The zero-order valence-electron chi connectivity index (χ0n) is 11.6. The third kappa shape index (κ3) is 4.32. The SMILES string of the molecule is Cc1sc(C(=O)O)cc1CNCCC1CCCCC1. The van der Waals surface area contributed by atoms with Gasteiger partial charge in [0.2, 0.25) is 0 Å². The van der Waals surface area contributed by atoms with Gasteiger partial charge in [-0.05, 0) is 37.4 Å². The number of aromatic carboxylic acids is 1. The third-order valence-electron chi connectivity index (χ3n) is 4.00. The fourth-order valence-electron chi connectivity index (χ4n) is 2.81. The lowest BCUT2D eigenvalue weighted by Crippen LogP contribution is -2.19. The van der Waals surface area contributed by atoms with Crippen molar-refractivity contribution in [3.63, 3.8) is 0 Å². The van der Waals surface area contributed by atoms with Crippen LogP contribution < -0.4 is 5.32 Å². The Balaban J connectivity index is 1.71. The molecule has 19 heavy (non-hydrogen) atoms. The number of nitrogens with one attached hydrogen (secondary N) is 1.